The molecule has 7 nitrogen and oxygen atoms in total. The van der Waals surface area contributed by atoms with Crippen LogP contribution in [-0.4, -0.2) is 46.9 Å². The van der Waals surface area contributed by atoms with Crippen LogP contribution in [-0.2, 0) is 6.18 Å². The van der Waals surface area contributed by atoms with Gasteiger partial charge >= 0.3 is 6.18 Å². The summed E-state index contributed by atoms with van der Waals surface area (Å²) in [6.07, 6.45) is -3.17. The highest BCUT2D eigenvalue weighted by molar-refractivity contribution is 7.98. The maximum Gasteiger partial charge on any atom is 0.417 e. The summed E-state index contributed by atoms with van der Waals surface area (Å²) in [5, 5.41) is 6.64. The van der Waals surface area contributed by atoms with Crippen LogP contribution >= 0.6 is 11.8 Å². The van der Waals surface area contributed by atoms with Gasteiger partial charge in [-0.2, -0.15) is 13.2 Å². The molecule has 13 heteroatoms. The Labute approximate surface area is 202 Å². The molecule has 1 aromatic carbocycles. The molecular weight excluding hydrogens is 491 g/mol. The summed E-state index contributed by atoms with van der Waals surface area (Å²) in [6.45, 7) is 4.36. The molecule has 1 aliphatic heterocycles. The summed E-state index contributed by atoms with van der Waals surface area (Å²) < 4.78 is 78.3. The van der Waals surface area contributed by atoms with Crippen LogP contribution in [0.3, 0.4) is 0 Å². The molecule has 4 rings (SSSR count). The number of nitrogens with two attached hydrogens (primary N) is 1. The number of thioether (sulfide) groups is 1. The van der Waals surface area contributed by atoms with Crippen LogP contribution in [0, 0.1) is 18.6 Å². The second-order valence-electron chi connectivity index (χ2n) is 8.08. The zero-order valence-electron chi connectivity index (χ0n) is 19.1. The first-order chi connectivity index (χ1) is 16.5. The number of nitrogens with one attached hydrogen (secondary N) is 2. The number of benzene rings is 1. The first-order valence-corrected chi connectivity index (χ1v) is 12.0. The van der Waals surface area contributed by atoms with Gasteiger partial charge < -0.3 is 21.1 Å². The molecule has 4 N–H and O–H groups in total. The highest BCUT2D eigenvalue weighted by Gasteiger charge is 2.39. The van der Waals surface area contributed by atoms with E-state index in [1.165, 1.54) is 0 Å². The largest absolute Gasteiger partial charge is 0.474 e. The van der Waals surface area contributed by atoms with E-state index in [1.54, 1.807) is 13.2 Å². The fourth-order valence-electron chi connectivity index (χ4n) is 3.92. The van der Waals surface area contributed by atoms with Gasteiger partial charge in [0.1, 0.15) is 28.2 Å². The van der Waals surface area contributed by atoms with Gasteiger partial charge in [-0.25, -0.2) is 23.7 Å². The lowest BCUT2D eigenvalue weighted by Gasteiger charge is -2.21. The van der Waals surface area contributed by atoms with Crippen molar-refractivity contribution in [1.29, 1.82) is 0 Å². The van der Waals surface area contributed by atoms with Crippen LogP contribution in [0.25, 0.3) is 22.2 Å². The smallest absolute Gasteiger partial charge is 0.417 e. The Kier molecular flexibility index (Phi) is 6.91. The molecular formula is C22H23F5N6OS. The molecule has 0 amide bonds. The summed E-state index contributed by atoms with van der Waals surface area (Å²) in [7, 11) is 0. The van der Waals surface area contributed by atoms with Gasteiger partial charge in [-0.05, 0) is 44.7 Å². The van der Waals surface area contributed by atoms with E-state index < -0.39 is 52.0 Å². The predicted molar refractivity (Wildman–Crippen MR) is 125 cm³/mol. The number of nitrogen functional groups attached to an aromatic ring is 1. The zero-order chi connectivity index (χ0) is 25.5. The van der Waals surface area contributed by atoms with Crippen molar-refractivity contribution in [1.82, 2.24) is 20.3 Å². The van der Waals surface area contributed by atoms with Gasteiger partial charge in [-0.1, -0.05) is 11.8 Å². The van der Waals surface area contributed by atoms with E-state index in [-0.39, 0.29) is 27.8 Å². The normalized spacial score (nSPS) is 17.0. The minimum atomic E-state index is -5.00. The summed E-state index contributed by atoms with van der Waals surface area (Å²) in [5.41, 5.74) is 1.31. The molecule has 0 aliphatic carbocycles. The molecule has 3 aromatic rings. The maximum atomic E-state index is 16.0. The molecule has 0 radical (unpaired) electrons. The van der Waals surface area contributed by atoms with E-state index in [4.69, 9.17) is 10.5 Å². The van der Waals surface area contributed by atoms with Crippen molar-refractivity contribution in [3.63, 3.8) is 0 Å². The number of pyridine rings is 1. The fourth-order valence-corrected chi connectivity index (χ4v) is 4.29. The predicted octanol–water partition coefficient (Wildman–Crippen LogP) is 4.77. The third-order valence-electron chi connectivity index (χ3n) is 5.61. The van der Waals surface area contributed by atoms with E-state index in [0.717, 1.165) is 24.8 Å². The molecule has 35 heavy (non-hydrogen) atoms. The fraction of sp³-hybridized carbons (Fsp3) is 0.409. The summed E-state index contributed by atoms with van der Waals surface area (Å²) in [6, 6.07) is 0.740. The number of anilines is 2. The van der Waals surface area contributed by atoms with Crippen LogP contribution < -0.4 is 21.1 Å². The Balaban J connectivity index is 2.10. The second kappa shape index (κ2) is 9.61. The first-order valence-electron chi connectivity index (χ1n) is 10.8. The molecule has 1 aliphatic rings. The van der Waals surface area contributed by atoms with E-state index in [2.05, 4.69) is 25.6 Å². The maximum absolute atomic E-state index is 16.0. The van der Waals surface area contributed by atoms with Gasteiger partial charge in [-0.15, -0.1) is 0 Å². The molecule has 0 saturated heterocycles. The molecule has 0 spiro atoms. The van der Waals surface area contributed by atoms with Gasteiger partial charge in [0, 0.05) is 18.7 Å². The molecule has 188 valence electrons. The standard InChI is InChI=1S/C22H23F5N6OS/c1-9-4-5-29-6-7-30-19-13-18(32-21(33-19)35-3)16(24)17(31-20(13)34-9)11-8-12(28)15(23)10(2)14(11)22(25,26)27/h8-9,29H,4-7,28H2,1-3H3,(H,30,32,33)/t9-/m0/s1. The van der Waals surface area contributed by atoms with E-state index >= 15 is 4.39 Å². The number of rotatable bonds is 2. The number of halogens is 5. The zero-order valence-corrected chi connectivity index (χ0v) is 19.9. The lowest BCUT2D eigenvalue weighted by atomic mass is 9.96. The molecule has 0 fully saturated rings. The van der Waals surface area contributed by atoms with Gasteiger partial charge in [0.05, 0.1) is 17.4 Å². The minimum absolute atomic E-state index is 0.109. The lowest BCUT2D eigenvalue weighted by molar-refractivity contribution is -0.137. The quantitative estimate of drug-likeness (QED) is 0.195. The molecule has 3 heterocycles. The molecule has 1 atom stereocenters. The van der Waals surface area contributed by atoms with E-state index in [1.807, 2.05) is 0 Å². The van der Waals surface area contributed by atoms with Crippen molar-refractivity contribution < 1.29 is 26.7 Å². The van der Waals surface area contributed by atoms with Crippen molar-refractivity contribution in [3.8, 4) is 17.1 Å². The Bertz CT molecular complexity index is 1290. The van der Waals surface area contributed by atoms with Crippen molar-refractivity contribution in [2.24, 2.45) is 0 Å². The number of nitrogens with zero attached hydrogens (tertiary/aromatic N) is 3. The van der Waals surface area contributed by atoms with Crippen molar-refractivity contribution >= 4 is 34.2 Å². The van der Waals surface area contributed by atoms with Crippen LogP contribution in [0.2, 0.25) is 0 Å². The Morgan fingerprint density at radius 3 is 2.54 bits per heavy atom. The third kappa shape index (κ3) is 4.79. The van der Waals surface area contributed by atoms with Gasteiger partial charge in [0.25, 0.3) is 0 Å². The van der Waals surface area contributed by atoms with Crippen LogP contribution in [0.5, 0.6) is 5.88 Å². The molecule has 0 saturated carbocycles. The number of aromatic nitrogens is 3. The third-order valence-corrected chi connectivity index (χ3v) is 6.16. The van der Waals surface area contributed by atoms with Gasteiger partial charge in [0.2, 0.25) is 5.88 Å². The van der Waals surface area contributed by atoms with Crippen molar-refractivity contribution in [2.45, 2.75) is 37.7 Å². The van der Waals surface area contributed by atoms with Crippen molar-refractivity contribution in [2.75, 3.05) is 36.9 Å². The number of alkyl halides is 3. The average molecular weight is 515 g/mol. The number of ether oxygens (including phenoxy) is 1. The lowest BCUT2D eigenvalue weighted by Crippen LogP contribution is -2.26. The Morgan fingerprint density at radius 1 is 1.11 bits per heavy atom. The minimum Gasteiger partial charge on any atom is -0.474 e. The van der Waals surface area contributed by atoms with Crippen LogP contribution in [0.15, 0.2) is 11.2 Å². The van der Waals surface area contributed by atoms with E-state index in [9.17, 15) is 17.6 Å². The molecule has 0 bridgehead atoms. The van der Waals surface area contributed by atoms with E-state index in [0.29, 0.717) is 26.1 Å². The highest BCUT2D eigenvalue weighted by atomic mass is 32.2. The van der Waals surface area contributed by atoms with Crippen LogP contribution in [0.4, 0.5) is 33.5 Å². The Hall–Kier alpha value is -2.93. The summed E-state index contributed by atoms with van der Waals surface area (Å²) >= 11 is 1.14. The summed E-state index contributed by atoms with van der Waals surface area (Å²) in [5.74, 6) is -2.23. The van der Waals surface area contributed by atoms with Gasteiger partial charge in [-0.3, -0.25) is 0 Å². The highest BCUT2D eigenvalue weighted by Crippen LogP contribution is 2.44. The first kappa shape index (κ1) is 25.2. The Morgan fingerprint density at radius 2 is 1.86 bits per heavy atom. The number of hydrogen-bond acceptors (Lipinski definition) is 8. The van der Waals surface area contributed by atoms with Crippen LogP contribution in [0.1, 0.15) is 24.5 Å². The topological polar surface area (TPSA) is 98.0 Å². The molecule has 2 aromatic heterocycles. The monoisotopic (exact) mass is 514 g/mol. The average Bonchev–Trinajstić information content (AvgIpc) is 2.82. The van der Waals surface area contributed by atoms with Crippen molar-refractivity contribution in [3.05, 3.63) is 28.8 Å². The summed E-state index contributed by atoms with van der Waals surface area (Å²) in [4.78, 5) is 12.8. The molecule has 0 unspecified atom stereocenters. The second-order valence-corrected chi connectivity index (χ2v) is 8.85. The SMILES string of the molecule is CSc1nc2c3c(nc(-c4cc(N)c(F)c(C)c4C(F)(F)F)c(F)c3n1)O[C@@H](C)CCNCCN2. The van der Waals surface area contributed by atoms with Gasteiger partial charge in [0.15, 0.2) is 11.0 Å². The number of hydrogen-bond donors (Lipinski definition) is 3.